The number of benzene rings is 2. The van der Waals surface area contributed by atoms with E-state index >= 15 is 0 Å². The summed E-state index contributed by atoms with van der Waals surface area (Å²) in [5, 5.41) is 15.0. The van der Waals surface area contributed by atoms with Crippen molar-refractivity contribution < 1.29 is 9.59 Å². The summed E-state index contributed by atoms with van der Waals surface area (Å²) in [5.41, 5.74) is 1.56. The van der Waals surface area contributed by atoms with E-state index < -0.39 is 0 Å². The highest BCUT2D eigenvalue weighted by molar-refractivity contribution is 7.99. The van der Waals surface area contributed by atoms with Crippen LogP contribution in [0.25, 0.3) is 0 Å². The quantitative estimate of drug-likeness (QED) is 0.689. The zero-order chi connectivity index (χ0) is 19.8. The standard InChI is InChI=1S/C19H19ClN4O2S/c1-24(2)19(26)14-8-7-13(20)11-16(14)22-12-18(25)23-15-5-3-4-6-17(15)27-10-9-21/h3-8,11,22H,10,12H2,1-2H3,(H,23,25). The van der Waals surface area contributed by atoms with Gasteiger partial charge in [0.05, 0.1) is 29.6 Å². The van der Waals surface area contributed by atoms with Crippen molar-refractivity contribution in [2.45, 2.75) is 4.90 Å². The summed E-state index contributed by atoms with van der Waals surface area (Å²) < 4.78 is 0. The molecule has 2 N–H and O–H groups in total. The van der Waals surface area contributed by atoms with Gasteiger partial charge in [-0.15, -0.1) is 11.8 Å². The SMILES string of the molecule is CN(C)C(=O)c1ccc(Cl)cc1NCC(=O)Nc1ccccc1SCC#N. The number of nitrogens with one attached hydrogen (secondary N) is 2. The monoisotopic (exact) mass is 402 g/mol. The fourth-order valence-corrected chi connectivity index (χ4v) is 3.11. The van der Waals surface area contributed by atoms with Gasteiger partial charge in [0, 0.05) is 29.7 Å². The van der Waals surface area contributed by atoms with Gasteiger partial charge in [-0.1, -0.05) is 23.7 Å². The maximum absolute atomic E-state index is 12.3. The van der Waals surface area contributed by atoms with Crippen LogP contribution in [0.1, 0.15) is 10.4 Å². The van der Waals surface area contributed by atoms with Gasteiger partial charge < -0.3 is 15.5 Å². The van der Waals surface area contributed by atoms with Crippen molar-refractivity contribution in [3.05, 3.63) is 53.1 Å². The molecule has 0 heterocycles. The van der Waals surface area contributed by atoms with E-state index in [1.807, 2.05) is 18.2 Å². The van der Waals surface area contributed by atoms with Gasteiger partial charge in [-0.05, 0) is 30.3 Å². The second-order valence-corrected chi connectivity index (χ2v) is 7.19. The predicted octanol–water partition coefficient (Wildman–Crippen LogP) is 3.71. The lowest BCUT2D eigenvalue weighted by Crippen LogP contribution is -2.26. The summed E-state index contributed by atoms with van der Waals surface area (Å²) >= 11 is 7.37. The van der Waals surface area contributed by atoms with Gasteiger partial charge in [0.25, 0.3) is 5.91 Å². The number of carbonyl (C=O) groups excluding carboxylic acids is 2. The molecule has 0 aliphatic heterocycles. The van der Waals surface area contributed by atoms with Crippen molar-refractivity contribution in [1.82, 2.24) is 4.90 Å². The molecule has 0 fully saturated rings. The Bertz CT molecular complexity index is 880. The van der Waals surface area contributed by atoms with E-state index in [9.17, 15) is 9.59 Å². The number of thioether (sulfide) groups is 1. The van der Waals surface area contributed by atoms with Gasteiger partial charge in [-0.25, -0.2) is 0 Å². The van der Waals surface area contributed by atoms with Crippen molar-refractivity contribution in [3.63, 3.8) is 0 Å². The summed E-state index contributed by atoms with van der Waals surface area (Å²) in [5.74, 6) is -0.167. The normalized spacial score (nSPS) is 10.0. The number of carbonyl (C=O) groups is 2. The number of rotatable bonds is 7. The van der Waals surface area contributed by atoms with E-state index in [0.717, 1.165) is 4.90 Å². The first kappa shape index (κ1) is 20.6. The third-order valence-electron chi connectivity index (χ3n) is 3.51. The number of amides is 2. The highest BCUT2D eigenvalue weighted by Crippen LogP contribution is 2.27. The molecule has 2 aromatic rings. The molecular weight excluding hydrogens is 384 g/mol. The number of halogens is 1. The van der Waals surface area contributed by atoms with Gasteiger partial charge in [-0.2, -0.15) is 5.26 Å². The summed E-state index contributed by atoms with van der Waals surface area (Å²) in [6.07, 6.45) is 0. The van der Waals surface area contributed by atoms with Crippen LogP contribution >= 0.6 is 23.4 Å². The number of para-hydroxylation sites is 1. The molecule has 0 radical (unpaired) electrons. The first-order chi connectivity index (χ1) is 12.9. The van der Waals surface area contributed by atoms with Gasteiger partial charge in [0.1, 0.15) is 0 Å². The lowest BCUT2D eigenvalue weighted by atomic mass is 10.1. The van der Waals surface area contributed by atoms with Crippen LogP contribution in [-0.4, -0.2) is 43.1 Å². The third kappa shape index (κ3) is 5.91. The maximum atomic E-state index is 12.3. The average Bonchev–Trinajstić information content (AvgIpc) is 2.65. The molecular formula is C19H19ClN4O2S. The minimum Gasteiger partial charge on any atom is -0.375 e. The minimum atomic E-state index is -0.275. The Labute approximate surface area is 167 Å². The number of nitrogens with zero attached hydrogens (tertiary/aromatic N) is 2. The average molecular weight is 403 g/mol. The maximum Gasteiger partial charge on any atom is 0.255 e. The second kappa shape index (κ2) is 9.86. The Morgan fingerprint density at radius 2 is 1.93 bits per heavy atom. The Hall–Kier alpha value is -2.69. The number of anilines is 2. The fraction of sp³-hybridized carbons (Fsp3) is 0.211. The molecule has 2 rings (SSSR count). The summed E-state index contributed by atoms with van der Waals surface area (Å²) in [7, 11) is 3.31. The molecule has 2 amide bonds. The van der Waals surface area contributed by atoms with Gasteiger partial charge >= 0.3 is 0 Å². The van der Waals surface area contributed by atoms with Gasteiger partial charge in [-0.3, -0.25) is 9.59 Å². The van der Waals surface area contributed by atoms with Crippen LogP contribution in [0.15, 0.2) is 47.4 Å². The molecule has 0 aromatic heterocycles. The van der Waals surface area contributed by atoms with Crippen molar-refractivity contribution in [2.24, 2.45) is 0 Å². The summed E-state index contributed by atoms with van der Waals surface area (Å²) in [4.78, 5) is 26.9. The minimum absolute atomic E-state index is 0.0364. The highest BCUT2D eigenvalue weighted by atomic mass is 35.5. The Morgan fingerprint density at radius 1 is 1.19 bits per heavy atom. The summed E-state index contributed by atoms with van der Waals surface area (Å²) in [6, 6.07) is 14.2. The molecule has 2 aromatic carbocycles. The van der Waals surface area contributed by atoms with Crippen LogP contribution in [0, 0.1) is 11.3 Å². The molecule has 0 bridgehead atoms. The Kier molecular flexibility index (Phi) is 7.53. The highest BCUT2D eigenvalue weighted by Gasteiger charge is 2.15. The van der Waals surface area contributed by atoms with E-state index in [4.69, 9.17) is 16.9 Å². The smallest absolute Gasteiger partial charge is 0.255 e. The van der Waals surface area contributed by atoms with Crippen LogP contribution in [0.5, 0.6) is 0 Å². The van der Waals surface area contributed by atoms with Crippen molar-refractivity contribution in [1.29, 1.82) is 5.26 Å². The van der Waals surface area contributed by atoms with Gasteiger partial charge in [0.15, 0.2) is 0 Å². The topological polar surface area (TPSA) is 85.2 Å². The van der Waals surface area contributed by atoms with Crippen LogP contribution in [0.3, 0.4) is 0 Å². The first-order valence-electron chi connectivity index (χ1n) is 8.06. The Balaban J connectivity index is 2.08. The van der Waals surface area contributed by atoms with E-state index in [2.05, 4.69) is 16.7 Å². The second-order valence-electron chi connectivity index (χ2n) is 5.73. The number of hydrogen-bond donors (Lipinski definition) is 2. The molecule has 6 nitrogen and oxygen atoms in total. The number of hydrogen-bond acceptors (Lipinski definition) is 5. The zero-order valence-electron chi connectivity index (χ0n) is 15.0. The Morgan fingerprint density at radius 3 is 2.63 bits per heavy atom. The van der Waals surface area contributed by atoms with E-state index in [-0.39, 0.29) is 18.4 Å². The summed E-state index contributed by atoms with van der Waals surface area (Å²) in [6.45, 7) is -0.0364. The van der Waals surface area contributed by atoms with E-state index in [0.29, 0.717) is 27.7 Å². The van der Waals surface area contributed by atoms with E-state index in [1.54, 1.807) is 38.4 Å². The molecule has 0 aliphatic carbocycles. The first-order valence-corrected chi connectivity index (χ1v) is 9.42. The van der Waals surface area contributed by atoms with Crippen molar-refractivity contribution in [3.8, 4) is 6.07 Å². The molecule has 0 saturated carbocycles. The molecule has 0 saturated heterocycles. The lowest BCUT2D eigenvalue weighted by Gasteiger charge is -2.16. The zero-order valence-corrected chi connectivity index (χ0v) is 16.5. The molecule has 0 atom stereocenters. The number of nitriles is 1. The van der Waals surface area contributed by atoms with Crippen LogP contribution in [-0.2, 0) is 4.79 Å². The predicted molar refractivity (Wildman–Crippen MR) is 109 cm³/mol. The van der Waals surface area contributed by atoms with Gasteiger partial charge in [0.2, 0.25) is 5.91 Å². The molecule has 8 heteroatoms. The third-order valence-corrected chi connectivity index (χ3v) is 4.69. The van der Waals surface area contributed by atoms with Crippen molar-refractivity contribution >= 4 is 46.6 Å². The van der Waals surface area contributed by atoms with Crippen LogP contribution in [0.2, 0.25) is 5.02 Å². The molecule has 0 spiro atoms. The molecule has 140 valence electrons. The van der Waals surface area contributed by atoms with E-state index in [1.165, 1.54) is 16.7 Å². The molecule has 0 unspecified atom stereocenters. The molecule has 0 aliphatic rings. The fourth-order valence-electron chi connectivity index (χ4n) is 2.27. The van der Waals surface area contributed by atoms with Crippen LogP contribution in [0.4, 0.5) is 11.4 Å². The largest absolute Gasteiger partial charge is 0.375 e. The van der Waals surface area contributed by atoms with Crippen molar-refractivity contribution in [2.75, 3.05) is 37.0 Å². The van der Waals surface area contributed by atoms with Crippen LogP contribution < -0.4 is 10.6 Å². The molecule has 27 heavy (non-hydrogen) atoms. The lowest BCUT2D eigenvalue weighted by molar-refractivity contribution is -0.114.